The molecule has 0 nitrogen and oxygen atoms in total. The van der Waals surface area contributed by atoms with E-state index in [4.69, 9.17) is 0 Å². The van der Waals surface area contributed by atoms with Gasteiger partial charge in [0, 0.05) is 0 Å². The highest BCUT2D eigenvalue weighted by Gasteiger charge is 2.20. The molecule has 0 unspecified atom stereocenters. The maximum absolute atomic E-state index is 2.42. The number of hydrogen-bond donors (Lipinski definition) is 0. The van der Waals surface area contributed by atoms with Gasteiger partial charge < -0.3 is 0 Å². The molecule has 0 heteroatoms. The van der Waals surface area contributed by atoms with Crippen molar-refractivity contribution in [3.63, 3.8) is 0 Å². The molecule has 0 saturated carbocycles. The normalized spacial score (nSPS) is 13.8. The molecule has 2 aromatic rings. The predicted molar refractivity (Wildman–Crippen MR) is 87.4 cm³/mol. The fourth-order valence-corrected chi connectivity index (χ4v) is 3.09. The third-order valence-corrected chi connectivity index (χ3v) is 4.51. The number of benzene rings is 2. The molecule has 0 atom stereocenters. The number of rotatable bonds is 1. The SMILES string of the molecule is CCc1ccc2c(c1)-c1cc(C(C)(C)C)ccc1CC2. The van der Waals surface area contributed by atoms with Crippen molar-refractivity contribution in [1.82, 2.24) is 0 Å². The van der Waals surface area contributed by atoms with E-state index < -0.39 is 0 Å². The monoisotopic (exact) mass is 264 g/mol. The van der Waals surface area contributed by atoms with Gasteiger partial charge in [0.2, 0.25) is 0 Å². The third-order valence-electron chi connectivity index (χ3n) is 4.51. The second kappa shape index (κ2) is 4.77. The van der Waals surface area contributed by atoms with Gasteiger partial charge in [-0.3, -0.25) is 0 Å². The lowest BCUT2D eigenvalue weighted by Crippen LogP contribution is -2.13. The Hall–Kier alpha value is -1.56. The molecule has 0 N–H and O–H groups in total. The summed E-state index contributed by atoms with van der Waals surface area (Å²) in [5, 5.41) is 0. The van der Waals surface area contributed by atoms with E-state index in [-0.39, 0.29) is 5.41 Å². The average Bonchev–Trinajstić information content (AvgIpc) is 2.45. The molecule has 0 saturated heterocycles. The smallest absolute Gasteiger partial charge is 0.0132 e. The second-order valence-electron chi connectivity index (χ2n) is 6.97. The lowest BCUT2D eigenvalue weighted by atomic mass is 9.79. The molecular formula is C20H24. The molecule has 0 heterocycles. The van der Waals surface area contributed by atoms with E-state index in [2.05, 4.69) is 64.1 Å². The van der Waals surface area contributed by atoms with Gasteiger partial charge in [0.25, 0.3) is 0 Å². The van der Waals surface area contributed by atoms with Gasteiger partial charge in [-0.1, -0.05) is 64.1 Å². The minimum Gasteiger partial charge on any atom is -0.0613 e. The van der Waals surface area contributed by atoms with Gasteiger partial charge in [-0.2, -0.15) is 0 Å². The molecule has 1 aliphatic rings. The van der Waals surface area contributed by atoms with Crippen LogP contribution in [0.5, 0.6) is 0 Å². The molecule has 1 aliphatic carbocycles. The molecule has 0 amide bonds. The van der Waals surface area contributed by atoms with Crippen LogP contribution in [0.1, 0.15) is 49.9 Å². The van der Waals surface area contributed by atoms with E-state index >= 15 is 0 Å². The second-order valence-corrected chi connectivity index (χ2v) is 6.97. The van der Waals surface area contributed by atoms with Crippen LogP contribution in [0, 0.1) is 0 Å². The highest BCUT2D eigenvalue weighted by molar-refractivity contribution is 5.74. The Morgan fingerprint density at radius 3 is 2.05 bits per heavy atom. The van der Waals surface area contributed by atoms with Crippen LogP contribution >= 0.6 is 0 Å². The zero-order valence-corrected chi connectivity index (χ0v) is 13.1. The van der Waals surface area contributed by atoms with E-state index in [0.29, 0.717) is 0 Å². The fraction of sp³-hybridized carbons (Fsp3) is 0.400. The summed E-state index contributed by atoms with van der Waals surface area (Å²) < 4.78 is 0. The maximum Gasteiger partial charge on any atom is -0.0132 e. The summed E-state index contributed by atoms with van der Waals surface area (Å²) >= 11 is 0. The minimum atomic E-state index is 0.217. The molecule has 0 aliphatic heterocycles. The van der Waals surface area contributed by atoms with Crippen LogP contribution in [0.15, 0.2) is 36.4 Å². The summed E-state index contributed by atoms with van der Waals surface area (Å²) in [6.07, 6.45) is 3.47. The molecule has 2 aromatic carbocycles. The van der Waals surface area contributed by atoms with Gasteiger partial charge in [0.05, 0.1) is 0 Å². The highest BCUT2D eigenvalue weighted by Crippen LogP contribution is 2.37. The summed E-state index contributed by atoms with van der Waals surface area (Å²) in [7, 11) is 0. The van der Waals surface area contributed by atoms with Crippen molar-refractivity contribution in [2.24, 2.45) is 0 Å². The Labute approximate surface area is 122 Å². The Balaban J connectivity index is 2.18. The Morgan fingerprint density at radius 2 is 1.45 bits per heavy atom. The Bertz CT molecular complexity index is 642. The first-order chi connectivity index (χ1) is 9.49. The van der Waals surface area contributed by atoms with Gasteiger partial charge >= 0.3 is 0 Å². The van der Waals surface area contributed by atoms with Crippen molar-refractivity contribution in [3.8, 4) is 11.1 Å². The van der Waals surface area contributed by atoms with Crippen LogP contribution in [0.2, 0.25) is 0 Å². The first kappa shape index (κ1) is 13.4. The van der Waals surface area contributed by atoms with Crippen molar-refractivity contribution in [2.45, 2.75) is 52.4 Å². The molecule has 0 bridgehead atoms. The van der Waals surface area contributed by atoms with Crippen molar-refractivity contribution in [2.75, 3.05) is 0 Å². The van der Waals surface area contributed by atoms with Gasteiger partial charge in [0.15, 0.2) is 0 Å². The molecule has 0 fully saturated rings. The number of aryl methyl sites for hydroxylation is 3. The van der Waals surface area contributed by atoms with E-state index in [1.165, 1.54) is 46.2 Å². The molecular weight excluding hydrogens is 240 g/mol. The van der Waals surface area contributed by atoms with E-state index in [1.54, 1.807) is 0 Å². The fourth-order valence-electron chi connectivity index (χ4n) is 3.09. The molecule has 0 radical (unpaired) electrons. The Morgan fingerprint density at radius 1 is 0.850 bits per heavy atom. The zero-order valence-electron chi connectivity index (χ0n) is 13.1. The van der Waals surface area contributed by atoms with Gasteiger partial charge in [0.1, 0.15) is 0 Å². The number of hydrogen-bond acceptors (Lipinski definition) is 0. The van der Waals surface area contributed by atoms with Crippen LogP contribution in [-0.4, -0.2) is 0 Å². The third kappa shape index (κ3) is 2.28. The largest absolute Gasteiger partial charge is 0.0613 e. The average molecular weight is 264 g/mol. The molecule has 3 rings (SSSR count). The minimum absolute atomic E-state index is 0.217. The summed E-state index contributed by atoms with van der Waals surface area (Å²) in [4.78, 5) is 0. The molecule has 0 aromatic heterocycles. The van der Waals surface area contributed by atoms with Gasteiger partial charge in [-0.25, -0.2) is 0 Å². The molecule has 0 spiro atoms. The zero-order chi connectivity index (χ0) is 14.3. The predicted octanol–water partition coefficient (Wildman–Crippen LogP) is 5.31. The molecule has 20 heavy (non-hydrogen) atoms. The maximum atomic E-state index is 2.42. The van der Waals surface area contributed by atoms with Crippen molar-refractivity contribution >= 4 is 0 Å². The lowest BCUT2D eigenvalue weighted by molar-refractivity contribution is 0.590. The Kier molecular flexibility index (Phi) is 3.20. The molecule has 104 valence electrons. The van der Waals surface area contributed by atoms with Crippen LogP contribution in [0.25, 0.3) is 11.1 Å². The van der Waals surface area contributed by atoms with Gasteiger partial charge in [-0.15, -0.1) is 0 Å². The first-order valence-corrected chi connectivity index (χ1v) is 7.74. The van der Waals surface area contributed by atoms with Crippen molar-refractivity contribution in [1.29, 1.82) is 0 Å². The lowest BCUT2D eigenvalue weighted by Gasteiger charge is -2.25. The van der Waals surface area contributed by atoms with E-state index in [9.17, 15) is 0 Å². The van der Waals surface area contributed by atoms with E-state index in [0.717, 1.165) is 6.42 Å². The number of fused-ring (bicyclic) bond motifs is 3. The summed E-state index contributed by atoms with van der Waals surface area (Å²) in [5.41, 5.74) is 9.06. The van der Waals surface area contributed by atoms with Gasteiger partial charge in [-0.05, 0) is 58.1 Å². The van der Waals surface area contributed by atoms with Crippen LogP contribution < -0.4 is 0 Å². The first-order valence-electron chi connectivity index (χ1n) is 7.74. The topological polar surface area (TPSA) is 0 Å². The standard InChI is InChI=1S/C20H24/c1-5-14-6-7-15-8-9-16-10-11-17(20(2,3)4)13-19(16)18(15)12-14/h6-7,10-13H,5,8-9H2,1-4H3. The van der Waals surface area contributed by atoms with E-state index in [1.807, 2.05) is 0 Å². The van der Waals surface area contributed by atoms with Crippen molar-refractivity contribution in [3.05, 3.63) is 58.7 Å². The van der Waals surface area contributed by atoms with Crippen molar-refractivity contribution < 1.29 is 0 Å². The highest BCUT2D eigenvalue weighted by atomic mass is 14.2. The summed E-state index contributed by atoms with van der Waals surface area (Å²) in [6, 6.07) is 14.1. The van der Waals surface area contributed by atoms with Crippen LogP contribution in [0.3, 0.4) is 0 Å². The van der Waals surface area contributed by atoms with Crippen LogP contribution in [0.4, 0.5) is 0 Å². The summed E-state index contributed by atoms with van der Waals surface area (Å²) in [6.45, 7) is 9.11. The summed E-state index contributed by atoms with van der Waals surface area (Å²) in [5.74, 6) is 0. The van der Waals surface area contributed by atoms with Crippen LogP contribution in [-0.2, 0) is 24.7 Å². The quantitative estimate of drug-likeness (QED) is 0.654.